The Morgan fingerprint density at radius 2 is 2.06 bits per heavy atom. The maximum absolute atomic E-state index is 11.6. The summed E-state index contributed by atoms with van der Waals surface area (Å²) < 4.78 is 0. The average Bonchev–Trinajstić information content (AvgIpc) is 2.65. The Kier molecular flexibility index (Phi) is 3.91. The maximum atomic E-state index is 11.6. The predicted octanol–water partition coefficient (Wildman–Crippen LogP) is 1.36. The number of nitrogens with two attached hydrogens (primary N) is 1. The molecule has 1 aromatic rings. The van der Waals surface area contributed by atoms with Gasteiger partial charge in [-0.2, -0.15) is 5.10 Å². The van der Waals surface area contributed by atoms with Crippen LogP contribution in [0.1, 0.15) is 5.56 Å². The Balaban J connectivity index is 2.19. The minimum absolute atomic E-state index is 0.369. The summed E-state index contributed by atoms with van der Waals surface area (Å²) in [6.45, 7) is 0. The summed E-state index contributed by atoms with van der Waals surface area (Å²) in [5, 5.41) is 4.13. The van der Waals surface area contributed by atoms with Crippen LogP contribution >= 0.6 is 0 Å². The van der Waals surface area contributed by atoms with Gasteiger partial charge in [0.05, 0.1) is 11.6 Å². The van der Waals surface area contributed by atoms with Crippen molar-refractivity contribution in [3.8, 4) is 0 Å². The molecule has 3 N–H and O–H groups in total. The largest absolute Gasteiger partial charge is 0.369 e. The number of carbonyl (C=O) groups is 1. The molecule has 1 aliphatic rings. The van der Waals surface area contributed by atoms with Crippen LogP contribution in [0.2, 0.25) is 0 Å². The van der Waals surface area contributed by atoms with Crippen molar-refractivity contribution in [3.63, 3.8) is 0 Å². The number of hydrazone groups is 1. The molecule has 1 atom stereocenters. The smallest absolute Gasteiger partial charge is 0.226 e. The zero-order chi connectivity index (χ0) is 12.8. The molecule has 1 aromatic carbocycles. The fraction of sp³-hybridized carbons (Fsp3) is 0.143. The molecule has 0 bridgehead atoms. The van der Waals surface area contributed by atoms with Gasteiger partial charge in [0.2, 0.25) is 5.91 Å². The van der Waals surface area contributed by atoms with Gasteiger partial charge < -0.3 is 5.73 Å². The number of benzene rings is 1. The normalized spacial score (nSPS) is 15.4. The number of primary amides is 1. The van der Waals surface area contributed by atoms with E-state index in [0.29, 0.717) is 12.1 Å². The molecule has 4 nitrogen and oxygen atoms in total. The van der Waals surface area contributed by atoms with Gasteiger partial charge >= 0.3 is 0 Å². The number of hydrogen-bond donors (Lipinski definition) is 2. The molecule has 92 valence electrons. The number of nitrogens with zero attached hydrogens (tertiary/aromatic N) is 1. The van der Waals surface area contributed by atoms with Crippen molar-refractivity contribution in [2.75, 3.05) is 0 Å². The Bertz CT molecular complexity index is 503. The van der Waals surface area contributed by atoms with E-state index in [1.165, 1.54) is 0 Å². The minimum atomic E-state index is -0.420. The number of allylic oxidation sites excluding steroid dienone is 3. The van der Waals surface area contributed by atoms with Crippen molar-refractivity contribution in [1.29, 1.82) is 0 Å². The van der Waals surface area contributed by atoms with Crippen LogP contribution in [0.15, 0.2) is 59.9 Å². The molecule has 1 unspecified atom stereocenters. The van der Waals surface area contributed by atoms with E-state index in [1.807, 2.05) is 42.5 Å². The van der Waals surface area contributed by atoms with Crippen molar-refractivity contribution in [2.45, 2.75) is 6.42 Å². The highest BCUT2D eigenvalue weighted by molar-refractivity contribution is 6.09. The average molecular weight is 241 g/mol. The maximum Gasteiger partial charge on any atom is 0.226 e. The first kappa shape index (κ1) is 12.1. The highest BCUT2D eigenvalue weighted by atomic mass is 16.1. The van der Waals surface area contributed by atoms with Crippen LogP contribution in [0.3, 0.4) is 0 Å². The lowest BCUT2D eigenvalue weighted by Crippen LogP contribution is -2.32. The summed E-state index contributed by atoms with van der Waals surface area (Å²) in [5.41, 5.74) is 9.93. The third-order valence-corrected chi connectivity index (χ3v) is 2.73. The summed E-state index contributed by atoms with van der Waals surface area (Å²) in [6.07, 6.45) is 7.71. The van der Waals surface area contributed by atoms with E-state index < -0.39 is 5.92 Å². The van der Waals surface area contributed by atoms with E-state index in [2.05, 4.69) is 10.5 Å². The summed E-state index contributed by atoms with van der Waals surface area (Å²) in [5.74, 6) is -0.790. The van der Waals surface area contributed by atoms with Gasteiger partial charge in [-0.3, -0.25) is 10.2 Å². The fourth-order valence-corrected chi connectivity index (χ4v) is 1.80. The molecule has 0 fully saturated rings. The molecule has 0 aliphatic carbocycles. The van der Waals surface area contributed by atoms with Gasteiger partial charge in [0.15, 0.2) is 0 Å². The Labute approximate surface area is 106 Å². The van der Waals surface area contributed by atoms with Crippen LogP contribution in [-0.4, -0.2) is 11.6 Å². The molecule has 1 amide bonds. The first-order chi connectivity index (χ1) is 8.77. The summed E-state index contributed by atoms with van der Waals surface area (Å²) in [6, 6.07) is 9.78. The standard InChI is InChI=1S/C14H15N3O/c15-14(18)12(10-11-6-2-1-3-7-11)13-8-4-5-9-16-17-13/h1-9,12,16H,10H2,(H2,15,18). The van der Waals surface area contributed by atoms with Crippen LogP contribution in [0.25, 0.3) is 0 Å². The van der Waals surface area contributed by atoms with E-state index >= 15 is 0 Å². The van der Waals surface area contributed by atoms with E-state index in [-0.39, 0.29) is 5.91 Å². The first-order valence-electron chi connectivity index (χ1n) is 5.77. The quantitative estimate of drug-likeness (QED) is 0.835. The second kappa shape index (κ2) is 5.82. The summed E-state index contributed by atoms with van der Waals surface area (Å²) in [4.78, 5) is 11.6. The molecular formula is C14H15N3O. The van der Waals surface area contributed by atoms with Crippen LogP contribution in [0.4, 0.5) is 0 Å². The lowest BCUT2D eigenvalue weighted by atomic mass is 9.93. The highest BCUT2D eigenvalue weighted by Crippen LogP contribution is 2.12. The van der Waals surface area contributed by atoms with Crippen LogP contribution < -0.4 is 11.2 Å². The van der Waals surface area contributed by atoms with Crippen LogP contribution in [0.5, 0.6) is 0 Å². The molecule has 0 saturated carbocycles. The van der Waals surface area contributed by atoms with Gasteiger partial charge in [-0.25, -0.2) is 0 Å². The molecule has 0 saturated heterocycles. The van der Waals surface area contributed by atoms with Crippen molar-refractivity contribution < 1.29 is 4.79 Å². The molecule has 18 heavy (non-hydrogen) atoms. The predicted molar refractivity (Wildman–Crippen MR) is 71.7 cm³/mol. The van der Waals surface area contributed by atoms with E-state index in [4.69, 9.17) is 5.73 Å². The molecule has 0 radical (unpaired) electrons. The van der Waals surface area contributed by atoms with Crippen molar-refractivity contribution in [2.24, 2.45) is 16.8 Å². The van der Waals surface area contributed by atoms with Gasteiger partial charge in [0, 0.05) is 6.20 Å². The van der Waals surface area contributed by atoms with Gasteiger partial charge in [-0.15, -0.1) is 0 Å². The Hall–Kier alpha value is -2.36. The minimum Gasteiger partial charge on any atom is -0.369 e. The van der Waals surface area contributed by atoms with E-state index in [1.54, 1.807) is 12.3 Å². The Morgan fingerprint density at radius 3 is 2.78 bits per heavy atom. The third-order valence-electron chi connectivity index (χ3n) is 2.73. The SMILES string of the molecule is NC(=O)C(Cc1ccccc1)C1=NNC=CC=C1. The molecule has 0 aromatic heterocycles. The number of nitrogens with one attached hydrogen (secondary N) is 1. The van der Waals surface area contributed by atoms with Crippen molar-refractivity contribution >= 4 is 11.6 Å². The highest BCUT2D eigenvalue weighted by Gasteiger charge is 2.21. The number of carbonyl (C=O) groups excluding carboxylic acids is 1. The lowest BCUT2D eigenvalue weighted by Gasteiger charge is -2.13. The molecule has 1 aliphatic heterocycles. The van der Waals surface area contributed by atoms with E-state index in [9.17, 15) is 4.79 Å². The number of amides is 1. The topological polar surface area (TPSA) is 67.5 Å². The van der Waals surface area contributed by atoms with Gasteiger partial charge in [-0.1, -0.05) is 36.4 Å². The van der Waals surface area contributed by atoms with Gasteiger partial charge in [0.25, 0.3) is 0 Å². The lowest BCUT2D eigenvalue weighted by molar-refractivity contribution is -0.119. The molecule has 1 heterocycles. The summed E-state index contributed by atoms with van der Waals surface area (Å²) >= 11 is 0. The molecule has 4 heteroatoms. The van der Waals surface area contributed by atoms with Crippen LogP contribution in [0, 0.1) is 5.92 Å². The van der Waals surface area contributed by atoms with Gasteiger partial charge in [-0.05, 0) is 24.1 Å². The monoisotopic (exact) mass is 241 g/mol. The second-order valence-corrected chi connectivity index (χ2v) is 4.03. The Morgan fingerprint density at radius 1 is 1.28 bits per heavy atom. The van der Waals surface area contributed by atoms with Crippen molar-refractivity contribution in [1.82, 2.24) is 5.43 Å². The zero-order valence-electron chi connectivity index (χ0n) is 9.91. The number of rotatable bonds is 4. The fourth-order valence-electron chi connectivity index (χ4n) is 1.80. The summed E-state index contributed by atoms with van der Waals surface area (Å²) in [7, 11) is 0. The number of hydrogen-bond acceptors (Lipinski definition) is 3. The molecule has 2 rings (SSSR count). The first-order valence-corrected chi connectivity index (χ1v) is 5.77. The second-order valence-electron chi connectivity index (χ2n) is 4.03. The molecular weight excluding hydrogens is 226 g/mol. The van der Waals surface area contributed by atoms with Crippen LogP contribution in [-0.2, 0) is 11.2 Å². The van der Waals surface area contributed by atoms with E-state index in [0.717, 1.165) is 5.56 Å². The van der Waals surface area contributed by atoms with Crippen molar-refractivity contribution in [3.05, 3.63) is 60.3 Å². The molecule has 0 spiro atoms. The third kappa shape index (κ3) is 3.07. The zero-order valence-corrected chi connectivity index (χ0v) is 9.91. The van der Waals surface area contributed by atoms with Gasteiger partial charge in [0.1, 0.15) is 0 Å².